The van der Waals surface area contributed by atoms with E-state index in [4.69, 9.17) is 9.47 Å². The molecule has 2 fully saturated rings. The van der Waals surface area contributed by atoms with Crippen LogP contribution >= 0.6 is 0 Å². The number of pyridine rings is 1. The van der Waals surface area contributed by atoms with Crippen LogP contribution in [0.2, 0.25) is 0 Å². The van der Waals surface area contributed by atoms with Crippen LogP contribution in [0.1, 0.15) is 35.4 Å². The zero-order valence-electron chi connectivity index (χ0n) is 16.1. The molecule has 2 aromatic heterocycles. The third-order valence-corrected chi connectivity index (χ3v) is 5.47. The Morgan fingerprint density at radius 3 is 3.03 bits per heavy atom. The van der Waals surface area contributed by atoms with E-state index in [0.717, 1.165) is 6.42 Å². The van der Waals surface area contributed by atoms with Crippen molar-refractivity contribution in [3.63, 3.8) is 0 Å². The third-order valence-electron chi connectivity index (χ3n) is 5.47. The largest absolute Gasteiger partial charge is 0.481 e. The highest BCUT2D eigenvalue weighted by molar-refractivity contribution is 5.94. The summed E-state index contributed by atoms with van der Waals surface area (Å²) < 4.78 is 15.7. The summed E-state index contributed by atoms with van der Waals surface area (Å²) in [4.78, 5) is 35.5. The minimum atomic E-state index is -0.202. The van der Waals surface area contributed by atoms with Crippen molar-refractivity contribution < 1.29 is 23.6 Å². The summed E-state index contributed by atoms with van der Waals surface area (Å²) in [5.74, 6) is 0.445. The normalized spacial score (nSPS) is 23.9. The Labute approximate surface area is 167 Å². The molecular formula is C19H23N5O5. The molecule has 0 aromatic carbocycles. The number of carbonyl (C=O) groups is 2. The first-order valence-corrected chi connectivity index (χ1v) is 9.61. The lowest BCUT2D eigenvalue weighted by Crippen LogP contribution is -2.57. The van der Waals surface area contributed by atoms with Gasteiger partial charge in [-0.05, 0) is 25.3 Å². The molecule has 1 aliphatic heterocycles. The average Bonchev–Trinajstić information content (AvgIpc) is 3.30. The molecule has 2 aromatic rings. The molecular weight excluding hydrogens is 378 g/mol. The number of amides is 2. The van der Waals surface area contributed by atoms with E-state index in [1.54, 1.807) is 18.3 Å². The number of fused-ring (bicyclic) bond motifs is 1. The molecule has 0 radical (unpaired) electrons. The number of nitrogens with zero attached hydrogens (tertiary/aromatic N) is 4. The van der Waals surface area contributed by atoms with Gasteiger partial charge in [0.25, 0.3) is 5.91 Å². The SMILES string of the molecule is COc1cc(C(=O)N2CCO[C@@H]3CC[C@H](C(=O)NCc4ncon4)C[C@H]32)ccn1. The van der Waals surface area contributed by atoms with Gasteiger partial charge in [-0.3, -0.25) is 9.59 Å². The first-order valence-electron chi connectivity index (χ1n) is 9.61. The molecule has 3 heterocycles. The molecule has 10 heteroatoms. The lowest BCUT2D eigenvalue weighted by molar-refractivity contribution is -0.131. The molecule has 154 valence electrons. The highest BCUT2D eigenvalue weighted by Gasteiger charge is 2.42. The summed E-state index contributed by atoms with van der Waals surface area (Å²) in [7, 11) is 1.51. The number of carbonyl (C=O) groups excluding carboxylic acids is 2. The molecule has 2 amide bonds. The van der Waals surface area contributed by atoms with Crippen molar-refractivity contribution in [3.8, 4) is 5.88 Å². The van der Waals surface area contributed by atoms with Crippen molar-refractivity contribution in [2.45, 2.75) is 38.0 Å². The first kappa shape index (κ1) is 19.3. The molecule has 1 N–H and O–H groups in total. The number of morpholine rings is 1. The maximum Gasteiger partial charge on any atom is 0.254 e. The van der Waals surface area contributed by atoms with Gasteiger partial charge in [0, 0.05) is 30.3 Å². The van der Waals surface area contributed by atoms with Gasteiger partial charge < -0.3 is 24.2 Å². The Bertz CT molecular complexity index is 858. The zero-order chi connectivity index (χ0) is 20.2. The second-order valence-electron chi connectivity index (χ2n) is 7.14. The van der Waals surface area contributed by atoms with E-state index in [-0.39, 0.29) is 36.4 Å². The summed E-state index contributed by atoms with van der Waals surface area (Å²) in [5.41, 5.74) is 0.515. The second-order valence-corrected chi connectivity index (χ2v) is 7.14. The summed E-state index contributed by atoms with van der Waals surface area (Å²) >= 11 is 0. The Morgan fingerprint density at radius 1 is 1.34 bits per heavy atom. The van der Waals surface area contributed by atoms with Crippen LogP contribution in [-0.2, 0) is 16.1 Å². The fourth-order valence-electron chi connectivity index (χ4n) is 4.00. The number of hydrogen-bond donors (Lipinski definition) is 1. The molecule has 1 saturated heterocycles. The molecule has 0 bridgehead atoms. The van der Waals surface area contributed by atoms with Gasteiger partial charge in [-0.1, -0.05) is 5.16 Å². The lowest BCUT2D eigenvalue weighted by Gasteiger charge is -2.45. The molecule has 3 atom stereocenters. The van der Waals surface area contributed by atoms with Gasteiger partial charge >= 0.3 is 0 Å². The van der Waals surface area contributed by atoms with Crippen molar-refractivity contribution in [1.82, 2.24) is 25.3 Å². The van der Waals surface area contributed by atoms with Crippen LogP contribution in [0.3, 0.4) is 0 Å². The maximum atomic E-state index is 13.1. The molecule has 0 spiro atoms. The number of ether oxygens (including phenoxy) is 2. The van der Waals surface area contributed by atoms with Gasteiger partial charge in [-0.15, -0.1) is 0 Å². The average molecular weight is 401 g/mol. The summed E-state index contributed by atoms with van der Waals surface area (Å²) in [6.45, 7) is 1.20. The van der Waals surface area contributed by atoms with Crippen molar-refractivity contribution in [2.24, 2.45) is 5.92 Å². The molecule has 1 saturated carbocycles. The highest BCUT2D eigenvalue weighted by Crippen LogP contribution is 2.33. The fourth-order valence-corrected chi connectivity index (χ4v) is 4.00. The van der Waals surface area contributed by atoms with Gasteiger partial charge in [0.2, 0.25) is 18.2 Å². The van der Waals surface area contributed by atoms with Gasteiger partial charge in [-0.25, -0.2) is 4.98 Å². The summed E-state index contributed by atoms with van der Waals surface area (Å²) in [5, 5.41) is 6.54. The predicted molar refractivity (Wildman–Crippen MR) is 98.8 cm³/mol. The number of hydrogen-bond acceptors (Lipinski definition) is 8. The van der Waals surface area contributed by atoms with E-state index >= 15 is 0 Å². The Kier molecular flexibility index (Phi) is 5.70. The van der Waals surface area contributed by atoms with Gasteiger partial charge in [0.05, 0.1) is 32.4 Å². The minimum Gasteiger partial charge on any atom is -0.481 e. The Morgan fingerprint density at radius 2 is 2.24 bits per heavy atom. The predicted octanol–water partition coefficient (Wildman–Crippen LogP) is 0.799. The van der Waals surface area contributed by atoms with E-state index in [1.165, 1.54) is 13.5 Å². The number of aromatic nitrogens is 3. The third kappa shape index (κ3) is 4.21. The monoisotopic (exact) mass is 401 g/mol. The van der Waals surface area contributed by atoms with Crippen LogP contribution in [0.5, 0.6) is 5.88 Å². The molecule has 10 nitrogen and oxygen atoms in total. The van der Waals surface area contributed by atoms with E-state index in [9.17, 15) is 9.59 Å². The van der Waals surface area contributed by atoms with E-state index in [0.29, 0.717) is 43.3 Å². The van der Waals surface area contributed by atoms with E-state index in [2.05, 4.69) is 25.0 Å². The first-order chi connectivity index (χ1) is 14.2. The van der Waals surface area contributed by atoms with Crippen LogP contribution in [0.25, 0.3) is 0 Å². The second kappa shape index (κ2) is 8.56. The molecule has 1 aliphatic carbocycles. The van der Waals surface area contributed by atoms with Gasteiger partial charge in [-0.2, -0.15) is 4.98 Å². The van der Waals surface area contributed by atoms with E-state index < -0.39 is 0 Å². The fraction of sp³-hybridized carbons (Fsp3) is 0.526. The van der Waals surface area contributed by atoms with Crippen LogP contribution < -0.4 is 10.1 Å². The van der Waals surface area contributed by atoms with Crippen LogP contribution in [0, 0.1) is 5.92 Å². The standard InChI is InChI=1S/C19H23N5O5/c1-27-17-9-13(4-5-20-17)19(26)24-6-7-28-15-3-2-12(8-14(15)24)18(25)21-10-16-22-11-29-23-16/h4-5,9,11-12,14-15H,2-3,6-8,10H2,1H3,(H,21,25)/t12-,14+,15+/m0/s1. The Balaban J connectivity index is 1.44. The number of rotatable bonds is 5. The highest BCUT2D eigenvalue weighted by atomic mass is 16.5. The van der Waals surface area contributed by atoms with Crippen molar-refractivity contribution >= 4 is 11.8 Å². The topological polar surface area (TPSA) is 120 Å². The minimum absolute atomic E-state index is 0.0577. The zero-order valence-corrected chi connectivity index (χ0v) is 16.1. The van der Waals surface area contributed by atoms with Gasteiger partial charge in [0.15, 0.2) is 5.82 Å². The Hall–Kier alpha value is -3.01. The quantitative estimate of drug-likeness (QED) is 0.781. The summed E-state index contributed by atoms with van der Waals surface area (Å²) in [6.07, 6.45) is 4.72. The number of methoxy groups -OCH3 is 1. The van der Waals surface area contributed by atoms with Crippen LogP contribution in [0.4, 0.5) is 0 Å². The maximum absolute atomic E-state index is 13.1. The van der Waals surface area contributed by atoms with E-state index in [1.807, 2.05) is 4.90 Å². The molecule has 2 aliphatic rings. The molecule has 29 heavy (non-hydrogen) atoms. The van der Waals surface area contributed by atoms with Crippen LogP contribution in [-0.4, -0.2) is 64.2 Å². The van der Waals surface area contributed by atoms with Crippen molar-refractivity contribution in [1.29, 1.82) is 0 Å². The smallest absolute Gasteiger partial charge is 0.254 e. The lowest BCUT2D eigenvalue weighted by atomic mass is 9.81. The number of nitrogens with one attached hydrogen (secondary N) is 1. The van der Waals surface area contributed by atoms with Crippen molar-refractivity contribution in [2.75, 3.05) is 20.3 Å². The van der Waals surface area contributed by atoms with Crippen LogP contribution in [0.15, 0.2) is 29.2 Å². The molecule has 4 rings (SSSR count). The van der Waals surface area contributed by atoms with Crippen molar-refractivity contribution in [3.05, 3.63) is 36.1 Å². The van der Waals surface area contributed by atoms with Gasteiger partial charge in [0.1, 0.15) is 0 Å². The molecule has 0 unspecified atom stereocenters. The summed E-state index contributed by atoms with van der Waals surface area (Å²) in [6, 6.07) is 3.16.